The molecule has 20 heavy (non-hydrogen) atoms. The minimum absolute atomic E-state index is 1.03. The predicted molar refractivity (Wildman–Crippen MR) is 90.2 cm³/mol. The highest BCUT2D eigenvalue weighted by molar-refractivity contribution is 8.03. The maximum atomic E-state index is 2.39. The molecular formula is C19H22S. The summed E-state index contributed by atoms with van der Waals surface area (Å²) in [5.41, 5.74) is 2.71. The topological polar surface area (TPSA) is 0 Å². The van der Waals surface area contributed by atoms with Gasteiger partial charge in [0, 0.05) is 11.3 Å². The second kappa shape index (κ2) is 7.96. The first-order valence-electron chi connectivity index (χ1n) is 7.25. The van der Waals surface area contributed by atoms with Crippen molar-refractivity contribution >= 4 is 11.8 Å². The molecule has 0 amide bonds. The van der Waals surface area contributed by atoms with Gasteiger partial charge in [0.25, 0.3) is 0 Å². The maximum Gasteiger partial charge on any atom is 0.0119 e. The standard InChI is InChI=1S/C19H22S/c1-3-4-8-19(20-18-9-6-5-7-10-18)15-17-13-11-16(2)12-14-17/h5-14H,3-4,15H2,1-2H3/b19-8+. The van der Waals surface area contributed by atoms with Gasteiger partial charge in [-0.25, -0.2) is 0 Å². The number of unbranched alkanes of at least 4 members (excludes halogenated alkanes) is 1. The van der Waals surface area contributed by atoms with Gasteiger partial charge in [-0.3, -0.25) is 0 Å². The van der Waals surface area contributed by atoms with Crippen LogP contribution in [0.25, 0.3) is 0 Å². The van der Waals surface area contributed by atoms with Crippen LogP contribution in [0.3, 0.4) is 0 Å². The predicted octanol–water partition coefficient (Wildman–Crippen LogP) is 6.01. The van der Waals surface area contributed by atoms with E-state index in [1.165, 1.54) is 27.3 Å². The van der Waals surface area contributed by atoms with Crippen LogP contribution < -0.4 is 0 Å². The van der Waals surface area contributed by atoms with E-state index in [1.807, 2.05) is 11.8 Å². The summed E-state index contributed by atoms with van der Waals surface area (Å²) in [4.78, 5) is 2.77. The molecule has 0 heterocycles. The van der Waals surface area contributed by atoms with Crippen LogP contribution in [0.5, 0.6) is 0 Å². The molecular weight excluding hydrogens is 260 g/mol. The summed E-state index contributed by atoms with van der Waals surface area (Å²) in [6.45, 7) is 4.36. The monoisotopic (exact) mass is 282 g/mol. The zero-order chi connectivity index (χ0) is 14.2. The SMILES string of the molecule is CCC/C=C(\Cc1ccc(C)cc1)Sc1ccccc1. The van der Waals surface area contributed by atoms with E-state index in [0.717, 1.165) is 12.8 Å². The highest BCUT2D eigenvalue weighted by atomic mass is 32.2. The Hall–Kier alpha value is -1.47. The quantitative estimate of drug-likeness (QED) is 0.584. The number of aryl methyl sites for hydroxylation is 1. The van der Waals surface area contributed by atoms with Crippen molar-refractivity contribution in [2.75, 3.05) is 0 Å². The number of hydrogen-bond acceptors (Lipinski definition) is 1. The molecule has 0 aliphatic rings. The molecule has 0 fully saturated rings. The number of thioether (sulfide) groups is 1. The third kappa shape index (κ3) is 4.90. The Morgan fingerprint density at radius 2 is 1.70 bits per heavy atom. The van der Waals surface area contributed by atoms with Gasteiger partial charge in [-0.2, -0.15) is 0 Å². The van der Waals surface area contributed by atoms with Crippen molar-refractivity contribution in [3.05, 3.63) is 76.7 Å². The average Bonchev–Trinajstić information content (AvgIpc) is 2.48. The third-order valence-electron chi connectivity index (χ3n) is 3.15. The normalized spacial score (nSPS) is 11.6. The van der Waals surface area contributed by atoms with Gasteiger partial charge < -0.3 is 0 Å². The van der Waals surface area contributed by atoms with Crippen molar-refractivity contribution in [1.29, 1.82) is 0 Å². The van der Waals surface area contributed by atoms with Crippen LogP contribution in [0.4, 0.5) is 0 Å². The zero-order valence-electron chi connectivity index (χ0n) is 12.3. The van der Waals surface area contributed by atoms with Gasteiger partial charge in [-0.1, -0.05) is 79.2 Å². The lowest BCUT2D eigenvalue weighted by molar-refractivity contribution is 0.951. The van der Waals surface area contributed by atoms with Crippen molar-refractivity contribution in [2.45, 2.75) is 38.0 Å². The van der Waals surface area contributed by atoms with Crippen LogP contribution >= 0.6 is 11.8 Å². The molecule has 0 atom stereocenters. The maximum absolute atomic E-state index is 2.39. The molecule has 0 N–H and O–H groups in total. The van der Waals surface area contributed by atoms with Gasteiger partial charge in [-0.05, 0) is 35.9 Å². The lowest BCUT2D eigenvalue weighted by Gasteiger charge is -2.08. The smallest absolute Gasteiger partial charge is 0.0119 e. The minimum atomic E-state index is 1.03. The number of rotatable bonds is 6. The van der Waals surface area contributed by atoms with Gasteiger partial charge in [0.05, 0.1) is 0 Å². The summed E-state index contributed by atoms with van der Waals surface area (Å²) >= 11 is 1.89. The Morgan fingerprint density at radius 1 is 1.00 bits per heavy atom. The molecule has 0 spiro atoms. The highest BCUT2D eigenvalue weighted by Gasteiger charge is 2.02. The summed E-state index contributed by atoms with van der Waals surface area (Å²) in [6.07, 6.45) is 5.77. The molecule has 0 aliphatic heterocycles. The van der Waals surface area contributed by atoms with Gasteiger partial charge in [0.1, 0.15) is 0 Å². The second-order valence-electron chi connectivity index (χ2n) is 5.04. The van der Waals surface area contributed by atoms with Crippen molar-refractivity contribution in [2.24, 2.45) is 0 Å². The Balaban J connectivity index is 2.09. The fourth-order valence-corrected chi connectivity index (χ4v) is 3.04. The van der Waals surface area contributed by atoms with Gasteiger partial charge >= 0.3 is 0 Å². The van der Waals surface area contributed by atoms with E-state index < -0.39 is 0 Å². The number of benzene rings is 2. The lowest BCUT2D eigenvalue weighted by Crippen LogP contribution is -1.88. The average molecular weight is 282 g/mol. The van der Waals surface area contributed by atoms with Crippen molar-refractivity contribution < 1.29 is 0 Å². The summed E-state index contributed by atoms with van der Waals surface area (Å²) in [5, 5.41) is 0. The minimum Gasteiger partial charge on any atom is -0.0945 e. The first kappa shape index (κ1) is 14.9. The molecule has 0 saturated heterocycles. The van der Waals surface area contributed by atoms with E-state index in [1.54, 1.807) is 0 Å². The van der Waals surface area contributed by atoms with E-state index in [9.17, 15) is 0 Å². The number of allylic oxidation sites excluding steroid dienone is 2. The molecule has 0 aliphatic carbocycles. The molecule has 0 bridgehead atoms. The van der Waals surface area contributed by atoms with E-state index in [4.69, 9.17) is 0 Å². The Labute approximate surface area is 126 Å². The summed E-state index contributed by atoms with van der Waals surface area (Å²) in [6, 6.07) is 19.5. The zero-order valence-corrected chi connectivity index (χ0v) is 13.1. The second-order valence-corrected chi connectivity index (χ2v) is 6.24. The third-order valence-corrected chi connectivity index (χ3v) is 4.23. The van der Waals surface area contributed by atoms with Crippen LogP contribution in [0.1, 0.15) is 30.9 Å². The summed E-state index contributed by atoms with van der Waals surface area (Å²) < 4.78 is 0. The molecule has 2 aromatic carbocycles. The lowest BCUT2D eigenvalue weighted by atomic mass is 10.1. The van der Waals surface area contributed by atoms with Crippen LogP contribution in [0.2, 0.25) is 0 Å². The number of hydrogen-bond donors (Lipinski definition) is 0. The largest absolute Gasteiger partial charge is 0.0945 e. The molecule has 0 radical (unpaired) electrons. The van der Waals surface area contributed by atoms with Crippen LogP contribution in [-0.4, -0.2) is 0 Å². The Kier molecular flexibility index (Phi) is 5.94. The summed E-state index contributed by atoms with van der Waals surface area (Å²) in [7, 11) is 0. The molecule has 1 heteroatoms. The molecule has 104 valence electrons. The molecule has 2 aromatic rings. The van der Waals surface area contributed by atoms with Crippen LogP contribution in [0, 0.1) is 6.92 Å². The van der Waals surface area contributed by atoms with Crippen molar-refractivity contribution in [3.63, 3.8) is 0 Å². The molecule has 0 saturated carbocycles. The highest BCUT2D eigenvalue weighted by Crippen LogP contribution is 2.29. The van der Waals surface area contributed by atoms with Gasteiger partial charge in [0.2, 0.25) is 0 Å². The van der Waals surface area contributed by atoms with E-state index in [2.05, 4.69) is 74.5 Å². The van der Waals surface area contributed by atoms with E-state index >= 15 is 0 Å². The van der Waals surface area contributed by atoms with E-state index in [0.29, 0.717) is 0 Å². The molecule has 0 aromatic heterocycles. The van der Waals surface area contributed by atoms with Crippen LogP contribution in [-0.2, 0) is 6.42 Å². The van der Waals surface area contributed by atoms with Gasteiger partial charge in [0.15, 0.2) is 0 Å². The Bertz CT molecular complexity index is 538. The van der Waals surface area contributed by atoms with Gasteiger partial charge in [-0.15, -0.1) is 0 Å². The first-order chi connectivity index (χ1) is 9.78. The molecule has 0 unspecified atom stereocenters. The van der Waals surface area contributed by atoms with Crippen LogP contribution in [0.15, 0.2) is 70.5 Å². The van der Waals surface area contributed by atoms with E-state index in [-0.39, 0.29) is 0 Å². The Morgan fingerprint density at radius 3 is 2.35 bits per heavy atom. The molecule has 0 nitrogen and oxygen atoms in total. The fourth-order valence-electron chi connectivity index (χ4n) is 2.00. The summed E-state index contributed by atoms with van der Waals surface area (Å²) in [5.74, 6) is 0. The van der Waals surface area contributed by atoms with Crippen molar-refractivity contribution in [3.8, 4) is 0 Å². The molecule has 2 rings (SSSR count). The first-order valence-corrected chi connectivity index (χ1v) is 8.07. The van der Waals surface area contributed by atoms with Crippen molar-refractivity contribution in [1.82, 2.24) is 0 Å². The fraction of sp³-hybridized carbons (Fsp3) is 0.263.